The molecule has 0 bridgehead atoms. The zero-order valence-corrected chi connectivity index (χ0v) is 13.1. The number of rotatable bonds is 5. The van der Waals surface area contributed by atoms with Crippen molar-refractivity contribution in [3.63, 3.8) is 0 Å². The van der Waals surface area contributed by atoms with Crippen molar-refractivity contribution >= 4 is 11.7 Å². The zero-order valence-electron chi connectivity index (χ0n) is 13.1. The highest BCUT2D eigenvalue weighted by Gasteiger charge is 2.42. The number of hydrogen-bond acceptors (Lipinski definition) is 5. The van der Waals surface area contributed by atoms with Crippen LogP contribution in [0.4, 0.5) is 5.82 Å². The second-order valence-corrected chi connectivity index (χ2v) is 6.47. The topological polar surface area (TPSA) is 93.8 Å². The Labute approximate surface area is 130 Å². The van der Waals surface area contributed by atoms with Crippen LogP contribution in [0.3, 0.4) is 0 Å². The molecule has 1 atom stereocenters. The van der Waals surface area contributed by atoms with Gasteiger partial charge in [0.15, 0.2) is 0 Å². The van der Waals surface area contributed by atoms with Crippen LogP contribution in [-0.2, 0) is 10.3 Å². The summed E-state index contributed by atoms with van der Waals surface area (Å²) in [7, 11) is 0. The van der Waals surface area contributed by atoms with Gasteiger partial charge in [-0.05, 0) is 24.0 Å². The van der Waals surface area contributed by atoms with Crippen molar-refractivity contribution in [3.8, 4) is 0 Å². The summed E-state index contributed by atoms with van der Waals surface area (Å²) < 4.78 is 0. The fourth-order valence-electron chi connectivity index (χ4n) is 2.50. The molecule has 0 fully saturated rings. The van der Waals surface area contributed by atoms with Crippen LogP contribution in [0.1, 0.15) is 32.8 Å². The Morgan fingerprint density at radius 2 is 2.00 bits per heavy atom. The van der Waals surface area contributed by atoms with Gasteiger partial charge in [-0.3, -0.25) is 9.78 Å². The summed E-state index contributed by atoms with van der Waals surface area (Å²) in [4.78, 5) is 24.6. The van der Waals surface area contributed by atoms with Gasteiger partial charge >= 0.3 is 0 Å². The average Bonchev–Trinajstić information content (AvgIpc) is 2.47. The second kappa shape index (κ2) is 6.09. The molecule has 0 radical (unpaired) electrons. The van der Waals surface area contributed by atoms with Gasteiger partial charge in [-0.1, -0.05) is 26.8 Å². The maximum atomic E-state index is 12.4. The summed E-state index contributed by atoms with van der Waals surface area (Å²) in [5.41, 5.74) is 5.29. The Morgan fingerprint density at radius 3 is 2.50 bits per heavy atom. The van der Waals surface area contributed by atoms with Crippen LogP contribution < -0.4 is 11.1 Å². The van der Waals surface area contributed by atoms with Crippen LogP contribution in [0.2, 0.25) is 0 Å². The second-order valence-electron chi connectivity index (χ2n) is 6.47. The summed E-state index contributed by atoms with van der Waals surface area (Å²) >= 11 is 0. The number of anilines is 1. The molecule has 6 nitrogen and oxygen atoms in total. The number of primary amides is 1. The third-order valence-electron chi connectivity index (χ3n) is 3.29. The molecule has 6 heteroatoms. The molecule has 2 aromatic heterocycles. The minimum Gasteiger partial charge on any atom is -0.367 e. The number of nitrogens with one attached hydrogen (secondary N) is 1. The Bertz CT molecular complexity index is 624. The molecule has 22 heavy (non-hydrogen) atoms. The lowest BCUT2D eigenvalue weighted by atomic mass is 9.75. The number of aromatic nitrogens is 3. The molecule has 0 saturated heterocycles. The molecule has 3 N–H and O–H groups in total. The van der Waals surface area contributed by atoms with Crippen molar-refractivity contribution in [1.29, 1.82) is 0 Å². The first kappa shape index (κ1) is 15.9. The number of nitrogens with zero attached hydrogens (tertiary/aromatic N) is 3. The van der Waals surface area contributed by atoms with Crippen molar-refractivity contribution in [2.75, 3.05) is 5.32 Å². The lowest BCUT2D eigenvalue weighted by Gasteiger charge is -2.37. The molecular weight excluding hydrogens is 278 g/mol. The molecule has 0 aliphatic carbocycles. The molecule has 0 saturated carbocycles. The third-order valence-corrected chi connectivity index (χ3v) is 3.29. The van der Waals surface area contributed by atoms with Gasteiger partial charge in [-0.25, -0.2) is 9.97 Å². The first-order chi connectivity index (χ1) is 10.3. The van der Waals surface area contributed by atoms with Crippen LogP contribution in [0, 0.1) is 5.41 Å². The predicted octanol–water partition coefficient (Wildman–Crippen LogP) is 2.10. The van der Waals surface area contributed by atoms with E-state index < -0.39 is 11.4 Å². The van der Waals surface area contributed by atoms with Crippen molar-refractivity contribution < 1.29 is 4.79 Å². The summed E-state index contributed by atoms with van der Waals surface area (Å²) in [6.45, 7) is 6.17. The lowest BCUT2D eigenvalue weighted by molar-refractivity contribution is -0.123. The molecule has 2 aromatic rings. The van der Waals surface area contributed by atoms with E-state index in [1.165, 1.54) is 6.33 Å². The van der Waals surface area contributed by atoms with Crippen molar-refractivity contribution in [2.45, 2.75) is 32.7 Å². The van der Waals surface area contributed by atoms with E-state index in [0.29, 0.717) is 12.2 Å². The Balaban J connectivity index is 2.53. The zero-order chi connectivity index (χ0) is 16.2. The molecule has 2 heterocycles. The van der Waals surface area contributed by atoms with E-state index in [0.717, 1.165) is 5.56 Å². The van der Waals surface area contributed by atoms with Crippen molar-refractivity contribution in [2.24, 2.45) is 11.1 Å². The smallest absolute Gasteiger partial charge is 0.247 e. The molecule has 0 aromatic carbocycles. The van der Waals surface area contributed by atoms with Gasteiger partial charge in [-0.2, -0.15) is 0 Å². The van der Waals surface area contributed by atoms with E-state index in [1.807, 2.05) is 6.07 Å². The maximum absolute atomic E-state index is 12.4. The van der Waals surface area contributed by atoms with E-state index in [-0.39, 0.29) is 5.41 Å². The van der Waals surface area contributed by atoms with E-state index >= 15 is 0 Å². The van der Waals surface area contributed by atoms with Crippen LogP contribution >= 0.6 is 0 Å². The monoisotopic (exact) mass is 299 g/mol. The molecule has 2 rings (SSSR count). The first-order valence-electron chi connectivity index (χ1n) is 7.08. The standard InChI is InChI=1S/C16H21N5O/c1-15(2,3)10-16(14(17)22,12-5-4-7-18-9-12)21-13-6-8-19-11-20-13/h4-9,11H,10H2,1-3H3,(H2,17,22)(H,19,20,21). The van der Waals surface area contributed by atoms with Gasteiger partial charge < -0.3 is 11.1 Å². The fraction of sp³-hybridized carbons (Fsp3) is 0.375. The number of pyridine rings is 1. The molecule has 0 spiro atoms. The van der Waals surface area contributed by atoms with Gasteiger partial charge in [0.1, 0.15) is 17.7 Å². The highest BCUT2D eigenvalue weighted by Crippen LogP contribution is 2.37. The minimum atomic E-state index is -1.08. The van der Waals surface area contributed by atoms with Gasteiger partial charge in [0.2, 0.25) is 5.91 Å². The highest BCUT2D eigenvalue weighted by molar-refractivity contribution is 5.89. The average molecular weight is 299 g/mol. The summed E-state index contributed by atoms with van der Waals surface area (Å²) in [6.07, 6.45) is 6.86. The normalized spacial score (nSPS) is 14.1. The Hall–Kier alpha value is -2.50. The number of nitrogens with two attached hydrogens (primary N) is 1. The van der Waals surface area contributed by atoms with Crippen molar-refractivity contribution in [1.82, 2.24) is 15.0 Å². The number of hydrogen-bond donors (Lipinski definition) is 2. The fourth-order valence-corrected chi connectivity index (χ4v) is 2.50. The van der Waals surface area contributed by atoms with Crippen LogP contribution in [-0.4, -0.2) is 20.9 Å². The van der Waals surface area contributed by atoms with E-state index in [4.69, 9.17) is 5.73 Å². The highest BCUT2D eigenvalue weighted by atomic mass is 16.1. The van der Waals surface area contributed by atoms with Gasteiger partial charge in [0, 0.05) is 24.2 Å². The summed E-state index contributed by atoms with van der Waals surface area (Å²) in [5.74, 6) is 0.0796. The Kier molecular flexibility index (Phi) is 4.40. The van der Waals surface area contributed by atoms with Crippen LogP contribution in [0.25, 0.3) is 0 Å². The predicted molar refractivity (Wildman–Crippen MR) is 84.8 cm³/mol. The number of amides is 1. The van der Waals surface area contributed by atoms with Crippen LogP contribution in [0.5, 0.6) is 0 Å². The molecule has 0 aliphatic heterocycles. The lowest BCUT2D eigenvalue weighted by Crippen LogP contribution is -2.50. The minimum absolute atomic E-state index is 0.134. The van der Waals surface area contributed by atoms with E-state index in [9.17, 15) is 4.79 Å². The molecule has 1 unspecified atom stereocenters. The van der Waals surface area contributed by atoms with Gasteiger partial charge in [-0.15, -0.1) is 0 Å². The summed E-state index contributed by atoms with van der Waals surface area (Å²) in [5, 5.41) is 3.20. The third kappa shape index (κ3) is 3.58. The van der Waals surface area contributed by atoms with Crippen LogP contribution in [0.15, 0.2) is 43.1 Å². The molecule has 116 valence electrons. The first-order valence-corrected chi connectivity index (χ1v) is 7.08. The quantitative estimate of drug-likeness (QED) is 0.881. The summed E-state index contributed by atoms with van der Waals surface area (Å²) in [6, 6.07) is 5.34. The van der Waals surface area contributed by atoms with Gasteiger partial charge in [0.25, 0.3) is 0 Å². The molecule has 1 amide bonds. The van der Waals surface area contributed by atoms with E-state index in [2.05, 4.69) is 41.0 Å². The maximum Gasteiger partial charge on any atom is 0.247 e. The van der Waals surface area contributed by atoms with Gasteiger partial charge in [0.05, 0.1) is 0 Å². The number of carbonyl (C=O) groups excluding carboxylic acids is 1. The number of carbonyl (C=O) groups is 1. The molecule has 0 aliphatic rings. The van der Waals surface area contributed by atoms with E-state index in [1.54, 1.807) is 30.7 Å². The SMILES string of the molecule is CC(C)(C)CC(Nc1ccncn1)(C(N)=O)c1cccnc1. The largest absolute Gasteiger partial charge is 0.367 e. The Morgan fingerprint density at radius 1 is 1.23 bits per heavy atom. The van der Waals surface area contributed by atoms with Crippen molar-refractivity contribution in [3.05, 3.63) is 48.7 Å². The molecular formula is C16H21N5O.